The van der Waals surface area contributed by atoms with E-state index < -0.39 is 55.6 Å². The number of hydrogen-bond acceptors (Lipinski definition) is 3. The molecule has 8 rings (SSSR count). The van der Waals surface area contributed by atoms with Gasteiger partial charge in [-0.25, -0.2) is 4.98 Å². The second-order valence-corrected chi connectivity index (χ2v) is 15.7. The largest absolute Gasteiger partial charge is 0.507 e. The molecule has 284 valence electrons. The van der Waals surface area contributed by atoms with Crippen molar-refractivity contribution in [3.05, 3.63) is 168 Å². The van der Waals surface area contributed by atoms with Gasteiger partial charge in [-0.1, -0.05) is 146 Å². The maximum absolute atomic E-state index is 11.4. The van der Waals surface area contributed by atoms with Gasteiger partial charge < -0.3 is 5.11 Å². The third kappa shape index (κ3) is 7.52. The van der Waals surface area contributed by atoms with Crippen molar-refractivity contribution in [3.63, 3.8) is 0 Å². The van der Waals surface area contributed by atoms with Gasteiger partial charge in [-0.05, 0) is 116 Å². The number of phenolic OH excluding ortho intramolecular Hbond substituents is 1. The lowest BCUT2D eigenvalue weighted by Gasteiger charge is -2.22. The van der Waals surface area contributed by atoms with Crippen LogP contribution in [-0.2, 0) is 10.8 Å². The summed E-state index contributed by atoms with van der Waals surface area (Å²) in [6, 6.07) is 36.8. The van der Waals surface area contributed by atoms with Crippen molar-refractivity contribution in [1.82, 2.24) is 14.5 Å². The van der Waals surface area contributed by atoms with Crippen molar-refractivity contribution in [2.45, 2.75) is 71.9 Å². The van der Waals surface area contributed by atoms with E-state index in [9.17, 15) is 5.11 Å². The minimum absolute atomic E-state index is 0.0228. The van der Waals surface area contributed by atoms with Gasteiger partial charge in [-0.15, -0.1) is 0 Å². The molecule has 2 heterocycles. The van der Waals surface area contributed by atoms with Crippen LogP contribution >= 0.6 is 0 Å². The average molecular weight is 759 g/mol. The Morgan fingerprint density at radius 2 is 1.39 bits per heavy atom. The van der Waals surface area contributed by atoms with Crippen LogP contribution in [0.2, 0.25) is 0 Å². The van der Waals surface area contributed by atoms with E-state index in [4.69, 9.17) is 27.8 Å². The van der Waals surface area contributed by atoms with Gasteiger partial charge in [0.15, 0.2) is 0 Å². The minimum Gasteiger partial charge on any atom is -0.507 e. The molecular formula is C53H51N3O. The van der Waals surface area contributed by atoms with Crippen LogP contribution in [0.25, 0.3) is 72.7 Å². The van der Waals surface area contributed by atoms with Crippen molar-refractivity contribution in [2.24, 2.45) is 0 Å². The molecule has 0 bridgehead atoms. The highest BCUT2D eigenvalue weighted by Gasteiger charge is 2.23. The molecule has 0 spiro atoms. The van der Waals surface area contributed by atoms with Crippen LogP contribution in [0.3, 0.4) is 0 Å². The van der Waals surface area contributed by atoms with Crippen LogP contribution < -0.4 is 0 Å². The third-order valence-electron chi connectivity index (χ3n) is 10.2. The molecule has 6 aromatic carbocycles. The van der Waals surface area contributed by atoms with Gasteiger partial charge in [0.25, 0.3) is 0 Å². The first-order valence-electron chi connectivity index (χ1n) is 25.3. The Bertz CT molecular complexity index is 3270. The molecular weight excluding hydrogens is 695 g/mol. The molecule has 0 atom stereocenters. The highest BCUT2D eigenvalue weighted by molar-refractivity contribution is 5.97. The van der Waals surface area contributed by atoms with Crippen molar-refractivity contribution >= 4 is 11.0 Å². The Kier molecular flexibility index (Phi) is 6.46. The molecule has 57 heavy (non-hydrogen) atoms. The second kappa shape index (κ2) is 14.7. The Balaban J connectivity index is 1.34. The highest BCUT2D eigenvalue weighted by Crippen LogP contribution is 2.41. The standard InChI is InChI=1S/C53H51N3O/c1-34(2)38-27-39(35-15-10-9-11-16-35)32-44(31-38)56-48-19-14-18-45(50(48)55-51(56)46-17-12-13-20-49(46)57)40-28-41(30-43(29-40)53(6,7)8)47-33-37(25-26-54-47)36-21-23-42(24-22-36)52(3,4)5/h9-34,57H,1-8H3/i3D3,4D3,5D3,21D,23D,24D,34D. The van der Waals surface area contributed by atoms with Gasteiger partial charge in [-0.3, -0.25) is 9.55 Å². The van der Waals surface area contributed by atoms with E-state index in [1.165, 1.54) is 6.20 Å². The summed E-state index contributed by atoms with van der Waals surface area (Å²) in [7, 11) is 0. The van der Waals surface area contributed by atoms with E-state index in [1.54, 1.807) is 24.3 Å². The first kappa shape index (κ1) is 25.1. The topological polar surface area (TPSA) is 50.9 Å². The van der Waals surface area contributed by atoms with Gasteiger partial charge in [0.2, 0.25) is 0 Å². The minimum atomic E-state index is -3.72. The average Bonchev–Trinajstić information content (AvgIpc) is 3.67. The Morgan fingerprint density at radius 3 is 2.14 bits per heavy atom. The summed E-state index contributed by atoms with van der Waals surface area (Å²) in [4.78, 5) is 10.0. The zero-order valence-electron chi connectivity index (χ0n) is 45.5. The molecule has 0 fully saturated rings. The summed E-state index contributed by atoms with van der Waals surface area (Å²) in [5, 5.41) is 11.4. The van der Waals surface area contributed by atoms with Crippen LogP contribution in [-0.4, -0.2) is 19.6 Å². The molecule has 2 aromatic heterocycles. The predicted octanol–water partition coefficient (Wildman–Crippen LogP) is 14.2. The van der Waals surface area contributed by atoms with Crippen molar-refractivity contribution in [2.75, 3.05) is 0 Å². The first-order chi connectivity index (χ1) is 32.5. The fourth-order valence-corrected chi connectivity index (χ4v) is 7.09. The van der Waals surface area contributed by atoms with Crippen molar-refractivity contribution in [3.8, 4) is 67.5 Å². The maximum Gasteiger partial charge on any atom is 0.149 e. The number of rotatable bonds is 7. The van der Waals surface area contributed by atoms with E-state index in [0.717, 1.165) is 50.7 Å². The zero-order chi connectivity index (χ0) is 51.1. The molecule has 0 aliphatic heterocycles. The Labute approximate surface area is 355 Å². The number of nitrogens with zero attached hydrogens (tertiary/aromatic N) is 3. The summed E-state index contributed by atoms with van der Waals surface area (Å²) >= 11 is 0. The summed E-state index contributed by atoms with van der Waals surface area (Å²) in [6.45, 7) is -1.23. The number of aromatic nitrogens is 3. The molecule has 0 unspecified atom stereocenters. The Hall–Kier alpha value is -6.26. The number of benzene rings is 6. The normalized spacial score (nSPS) is 16.3. The van der Waals surface area contributed by atoms with E-state index in [0.29, 0.717) is 33.7 Å². The maximum atomic E-state index is 11.4. The summed E-state index contributed by atoms with van der Waals surface area (Å²) in [6.07, 6.45) is 1.49. The van der Waals surface area contributed by atoms with Crippen molar-refractivity contribution < 1.29 is 22.9 Å². The number of phenols is 1. The van der Waals surface area contributed by atoms with Crippen LogP contribution in [0.15, 0.2) is 152 Å². The van der Waals surface area contributed by atoms with Crippen LogP contribution in [0, 0.1) is 0 Å². The number of hydrogen-bond donors (Lipinski definition) is 1. The lowest BCUT2D eigenvalue weighted by Crippen LogP contribution is -2.11. The van der Waals surface area contributed by atoms with Crippen LogP contribution in [0.4, 0.5) is 0 Å². The lowest BCUT2D eigenvalue weighted by atomic mass is 9.83. The van der Waals surface area contributed by atoms with Gasteiger partial charge in [-0.2, -0.15) is 0 Å². The summed E-state index contributed by atoms with van der Waals surface area (Å²) in [5.74, 6) is -0.445. The second-order valence-electron chi connectivity index (χ2n) is 15.7. The predicted molar refractivity (Wildman–Crippen MR) is 239 cm³/mol. The van der Waals surface area contributed by atoms with Crippen LogP contribution in [0.1, 0.15) is 95.6 Å². The molecule has 1 N–H and O–H groups in total. The number of para-hydroxylation sites is 2. The fraction of sp³-hybridized carbons (Fsp3) is 0.208. The SMILES string of the molecule is [2H]c1cc(-c2ccnc(-c3cc(-c4cccc5c4nc(-c4ccccc4O)n5-c4cc(-c5ccccc5)cc(C([2H])(C)C)c4)cc(C(C)(C)C)c3)c2)c([2H])c([2H])c1C(C([2H])([2H])[2H])(C([2H])([2H])[2H])C([2H])([2H])[2H]. The highest BCUT2D eigenvalue weighted by atomic mass is 16.3. The van der Waals surface area contributed by atoms with E-state index in [1.807, 2.05) is 103 Å². The number of fused-ring (bicyclic) bond motifs is 1. The van der Waals surface area contributed by atoms with Crippen molar-refractivity contribution in [1.29, 1.82) is 0 Å². The van der Waals surface area contributed by atoms with Gasteiger partial charge in [0.1, 0.15) is 11.6 Å². The number of pyridine rings is 1. The van der Waals surface area contributed by atoms with Gasteiger partial charge in [0.05, 0.1) is 26.4 Å². The smallest absolute Gasteiger partial charge is 0.149 e. The number of aromatic hydroxyl groups is 1. The quantitative estimate of drug-likeness (QED) is 0.176. The Morgan fingerprint density at radius 1 is 0.632 bits per heavy atom. The summed E-state index contributed by atoms with van der Waals surface area (Å²) in [5.41, 5.74) is 4.04. The lowest BCUT2D eigenvalue weighted by molar-refractivity contribution is 0.477. The van der Waals surface area contributed by atoms with E-state index >= 15 is 0 Å². The molecule has 0 aliphatic carbocycles. The van der Waals surface area contributed by atoms with Gasteiger partial charge in [0, 0.05) is 36.7 Å². The molecule has 0 saturated carbocycles. The molecule has 0 amide bonds. The zero-order valence-corrected chi connectivity index (χ0v) is 32.5. The fourth-order valence-electron chi connectivity index (χ4n) is 7.09. The van der Waals surface area contributed by atoms with Gasteiger partial charge >= 0.3 is 0 Å². The molecule has 0 radical (unpaired) electrons. The first-order valence-corrected chi connectivity index (χ1v) is 18.8. The van der Waals surface area contributed by atoms with Crippen LogP contribution in [0.5, 0.6) is 5.75 Å². The molecule has 4 heteroatoms. The molecule has 0 aliphatic rings. The number of imidazole rings is 1. The summed E-state index contributed by atoms with van der Waals surface area (Å²) < 4.78 is 112. The molecule has 0 saturated heterocycles. The van der Waals surface area contributed by atoms with E-state index in [-0.39, 0.29) is 16.7 Å². The van der Waals surface area contributed by atoms with E-state index in [2.05, 4.69) is 32.9 Å². The molecule has 4 nitrogen and oxygen atoms in total. The monoisotopic (exact) mass is 758 g/mol. The molecule has 8 aromatic rings. The third-order valence-corrected chi connectivity index (χ3v) is 10.2.